The van der Waals surface area contributed by atoms with Gasteiger partial charge in [-0.2, -0.15) is 0 Å². The first kappa shape index (κ1) is 14.3. The number of likely N-dealkylation sites (N-methyl/N-ethyl adjacent to an activating group) is 1. The van der Waals surface area contributed by atoms with Crippen molar-refractivity contribution in [2.45, 2.75) is 25.9 Å². The molecule has 21 heavy (non-hydrogen) atoms. The molecule has 0 saturated carbocycles. The summed E-state index contributed by atoms with van der Waals surface area (Å²) in [5.74, 6) is 1.10. The van der Waals surface area contributed by atoms with Gasteiger partial charge in [0.1, 0.15) is 5.82 Å². The Morgan fingerprint density at radius 2 is 2.00 bits per heavy atom. The quantitative estimate of drug-likeness (QED) is 0.918. The minimum atomic E-state index is 0.470. The van der Waals surface area contributed by atoms with E-state index in [-0.39, 0.29) is 0 Å². The summed E-state index contributed by atoms with van der Waals surface area (Å²) < 4.78 is 0. The minimum Gasteiger partial charge on any atom is -0.352 e. The zero-order valence-electron chi connectivity index (χ0n) is 12.9. The highest BCUT2D eigenvalue weighted by atomic mass is 15.3. The molecule has 2 aromatic rings. The summed E-state index contributed by atoms with van der Waals surface area (Å²) in [4.78, 5) is 9.60. The van der Waals surface area contributed by atoms with Crippen molar-refractivity contribution in [2.75, 3.05) is 31.6 Å². The van der Waals surface area contributed by atoms with E-state index in [4.69, 9.17) is 10.7 Å². The van der Waals surface area contributed by atoms with Crippen LogP contribution < -0.4 is 10.6 Å². The molecule has 3 rings (SSSR count). The maximum absolute atomic E-state index is 5.85. The van der Waals surface area contributed by atoms with Crippen LogP contribution in [0.2, 0.25) is 0 Å². The van der Waals surface area contributed by atoms with Gasteiger partial charge in [-0.05, 0) is 37.9 Å². The van der Waals surface area contributed by atoms with Crippen molar-refractivity contribution >= 4 is 16.6 Å². The number of nitrogens with zero attached hydrogens (tertiary/aromatic N) is 3. The standard InChI is InChI=1S/C17H24N4/c1-13-12-20(2)8-5-9-21(13)17-16-7-4-3-6-15(16)14(10-18)11-19-17/h3-4,6-7,11,13H,5,8-10,12,18H2,1-2H3. The van der Waals surface area contributed by atoms with E-state index in [1.165, 1.54) is 17.2 Å². The fraction of sp³-hybridized carbons (Fsp3) is 0.471. The number of aromatic nitrogens is 1. The third kappa shape index (κ3) is 2.74. The topological polar surface area (TPSA) is 45.4 Å². The smallest absolute Gasteiger partial charge is 0.136 e. The Morgan fingerprint density at radius 3 is 2.76 bits per heavy atom. The lowest BCUT2D eigenvalue weighted by molar-refractivity contribution is 0.337. The number of fused-ring (bicyclic) bond motifs is 1. The maximum Gasteiger partial charge on any atom is 0.136 e. The van der Waals surface area contributed by atoms with Gasteiger partial charge in [0.2, 0.25) is 0 Å². The van der Waals surface area contributed by atoms with Crippen molar-refractivity contribution in [2.24, 2.45) is 5.73 Å². The SMILES string of the molecule is CC1CN(C)CCCN1c1ncc(CN)c2ccccc12. The maximum atomic E-state index is 5.85. The Bertz CT molecular complexity index is 625. The Morgan fingerprint density at radius 1 is 1.24 bits per heavy atom. The second-order valence-electron chi connectivity index (χ2n) is 6.01. The number of hydrogen-bond donors (Lipinski definition) is 1. The molecule has 0 bridgehead atoms. The second-order valence-corrected chi connectivity index (χ2v) is 6.01. The molecule has 0 spiro atoms. The van der Waals surface area contributed by atoms with E-state index in [2.05, 4.69) is 48.0 Å². The molecule has 1 aliphatic heterocycles. The van der Waals surface area contributed by atoms with Crippen molar-refractivity contribution in [1.82, 2.24) is 9.88 Å². The van der Waals surface area contributed by atoms with Crippen LogP contribution in [0.3, 0.4) is 0 Å². The van der Waals surface area contributed by atoms with Crippen LogP contribution in [0, 0.1) is 0 Å². The number of anilines is 1. The van der Waals surface area contributed by atoms with Crippen LogP contribution in [-0.4, -0.2) is 42.6 Å². The lowest BCUT2D eigenvalue weighted by Crippen LogP contribution is -2.38. The summed E-state index contributed by atoms with van der Waals surface area (Å²) in [5.41, 5.74) is 6.97. The number of benzene rings is 1. The van der Waals surface area contributed by atoms with Crippen LogP contribution in [0.25, 0.3) is 10.8 Å². The molecule has 1 unspecified atom stereocenters. The predicted molar refractivity (Wildman–Crippen MR) is 88.6 cm³/mol. The van der Waals surface area contributed by atoms with Crippen molar-refractivity contribution in [3.63, 3.8) is 0 Å². The first-order valence-corrected chi connectivity index (χ1v) is 7.72. The summed E-state index contributed by atoms with van der Waals surface area (Å²) in [5, 5.41) is 2.45. The molecule has 0 aliphatic carbocycles. The highest BCUT2D eigenvalue weighted by Gasteiger charge is 2.22. The van der Waals surface area contributed by atoms with E-state index in [1.54, 1.807) is 0 Å². The third-order valence-electron chi connectivity index (χ3n) is 4.40. The summed E-state index contributed by atoms with van der Waals surface area (Å²) in [7, 11) is 2.20. The number of nitrogens with two attached hydrogens (primary N) is 1. The van der Waals surface area contributed by atoms with E-state index in [1.807, 2.05) is 6.20 Å². The van der Waals surface area contributed by atoms with Gasteiger partial charge in [0.15, 0.2) is 0 Å². The van der Waals surface area contributed by atoms with Crippen LogP contribution >= 0.6 is 0 Å². The average molecular weight is 284 g/mol. The molecule has 0 amide bonds. The molecular formula is C17H24N4. The van der Waals surface area contributed by atoms with Crippen molar-refractivity contribution in [1.29, 1.82) is 0 Å². The van der Waals surface area contributed by atoms with Crippen molar-refractivity contribution in [3.05, 3.63) is 36.0 Å². The van der Waals surface area contributed by atoms with Crippen LogP contribution in [0.5, 0.6) is 0 Å². The largest absolute Gasteiger partial charge is 0.352 e. The van der Waals surface area contributed by atoms with Crippen LogP contribution in [-0.2, 0) is 6.54 Å². The molecule has 1 fully saturated rings. The fourth-order valence-corrected chi connectivity index (χ4v) is 3.31. The molecule has 0 radical (unpaired) electrons. The Balaban J connectivity index is 2.07. The van der Waals surface area contributed by atoms with Crippen molar-refractivity contribution < 1.29 is 0 Å². The third-order valence-corrected chi connectivity index (χ3v) is 4.40. The molecule has 1 atom stereocenters. The lowest BCUT2D eigenvalue weighted by atomic mass is 10.1. The van der Waals surface area contributed by atoms with Gasteiger partial charge in [0.05, 0.1) is 0 Å². The number of rotatable bonds is 2. The molecule has 112 valence electrons. The van der Waals surface area contributed by atoms with Gasteiger partial charge in [0.25, 0.3) is 0 Å². The zero-order chi connectivity index (χ0) is 14.8. The van der Waals surface area contributed by atoms with Crippen LogP contribution in [0.4, 0.5) is 5.82 Å². The normalized spacial score (nSPS) is 20.7. The molecule has 1 aromatic heterocycles. The first-order chi connectivity index (χ1) is 10.2. The van der Waals surface area contributed by atoms with Crippen LogP contribution in [0.1, 0.15) is 18.9 Å². The van der Waals surface area contributed by atoms with E-state index in [0.717, 1.165) is 31.0 Å². The van der Waals surface area contributed by atoms with Gasteiger partial charge >= 0.3 is 0 Å². The highest BCUT2D eigenvalue weighted by Crippen LogP contribution is 2.29. The molecule has 1 saturated heterocycles. The number of pyridine rings is 1. The average Bonchev–Trinajstić information content (AvgIpc) is 2.66. The predicted octanol–water partition coefficient (Wildman–Crippen LogP) is 2.22. The summed E-state index contributed by atoms with van der Waals surface area (Å²) >= 11 is 0. The van der Waals surface area contributed by atoms with Gasteiger partial charge in [-0.3, -0.25) is 0 Å². The van der Waals surface area contributed by atoms with E-state index >= 15 is 0 Å². The Kier molecular flexibility index (Phi) is 4.08. The van der Waals surface area contributed by atoms with E-state index < -0.39 is 0 Å². The van der Waals surface area contributed by atoms with Gasteiger partial charge in [-0.15, -0.1) is 0 Å². The minimum absolute atomic E-state index is 0.470. The highest BCUT2D eigenvalue weighted by molar-refractivity contribution is 5.94. The summed E-state index contributed by atoms with van der Waals surface area (Å²) in [6.45, 7) is 6.11. The van der Waals surface area contributed by atoms with Gasteiger partial charge in [-0.1, -0.05) is 24.3 Å². The molecular weight excluding hydrogens is 260 g/mol. The van der Waals surface area contributed by atoms with Gasteiger partial charge < -0.3 is 15.5 Å². The zero-order valence-corrected chi connectivity index (χ0v) is 12.9. The first-order valence-electron chi connectivity index (χ1n) is 7.72. The Hall–Kier alpha value is -1.65. The molecule has 2 heterocycles. The lowest BCUT2D eigenvalue weighted by Gasteiger charge is -2.30. The Labute approximate surface area is 126 Å². The number of hydrogen-bond acceptors (Lipinski definition) is 4. The molecule has 2 N–H and O–H groups in total. The van der Waals surface area contributed by atoms with Crippen LogP contribution in [0.15, 0.2) is 30.5 Å². The molecule has 1 aromatic carbocycles. The van der Waals surface area contributed by atoms with Gasteiger partial charge in [-0.25, -0.2) is 4.98 Å². The second kappa shape index (κ2) is 6.00. The molecule has 4 heteroatoms. The van der Waals surface area contributed by atoms with E-state index in [9.17, 15) is 0 Å². The van der Waals surface area contributed by atoms with Gasteiger partial charge in [0, 0.05) is 37.3 Å². The summed E-state index contributed by atoms with van der Waals surface area (Å²) in [6.07, 6.45) is 3.12. The fourth-order valence-electron chi connectivity index (χ4n) is 3.31. The summed E-state index contributed by atoms with van der Waals surface area (Å²) in [6, 6.07) is 8.94. The van der Waals surface area contributed by atoms with E-state index in [0.29, 0.717) is 12.6 Å². The monoisotopic (exact) mass is 284 g/mol. The van der Waals surface area contributed by atoms with Crippen molar-refractivity contribution in [3.8, 4) is 0 Å². The molecule has 1 aliphatic rings. The molecule has 4 nitrogen and oxygen atoms in total.